The van der Waals surface area contributed by atoms with Crippen LogP contribution in [0.5, 0.6) is 0 Å². The molecule has 1 saturated heterocycles. The highest BCUT2D eigenvalue weighted by atomic mass is 32.2. The first-order valence-corrected chi connectivity index (χ1v) is 15.6. The average Bonchev–Trinajstić information content (AvgIpc) is 3.71. The largest absolute Gasteiger partial charge is 0.477 e. The molecule has 0 aliphatic carbocycles. The molecule has 16 nitrogen and oxygen atoms in total. The monoisotopic (exact) mass is 660 g/mol. The predicted octanol–water partition coefficient (Wildman–Crippen LogP) is 0.530. The van der Waals surface area contributed by atoms with E-state index in [1.54, 1.807) is 33.7 Å². The Bertz CT molecular complexity index is 1880. The van der Waals surface area contributed by atoms with Crippen LogP contribution >= 0.6 is 46.2 Å². The van der Waals surface area contributed by atoms with Gasteiger partial charge in [0.25, 0.3) is 11.8 Å². The molecule has 0 aromatic carbocycles. The van der Waals surface area contributed by atoms with Crippen molar-refractivity contribution in [2.75, 3.05) is 11.5 Å². The van der Waals surface area contributed by atoms with Crippen LogP contribution in [0.25, 0.3) is 5.65 Å². The van der Waals surface area contributed by atoms with Crippen LogP contribution in [0.4, 0.5) is 5.13 Å². The minimum absolute atomic E-state index is 0.00285. The average molecular weight is 661 g/mol. The van der Waals surface area contributed by atoms with Gasteiger partial charge in [-0.3, -0.25) is 14.5 Å². The van der Waals surface area contributed by atoms with Crippen LogP contribution in [0.2, 0.25) is 0 Å². The highest BCUT2D eigenvalue weighted by molar-refractivity contribution is 8.07. The van der Waals surface area contributed by atoms with Crippen LogP contribution in [0.3, 0.4) is 0 Å². The van der Waals surface area contributed by atoms with E-state index in [1.807, 2.05) is 6.07 Å². The fourth-order valence-electron chi connectivity index (χ4n) is 4.47. The summed E-state index contributed by atoms with van der Waals surface area (Å²) in [7, 11) is 0. The minimum Gasteiger partial charge on any atom is -0.477 e. The van der Waals surface area contributed by atoms with Crippen LogP contribution in [-0.2, 0) is 20.9 Å². The van der Waals surface area contributed by atoms with E-state index in [9.17, 15) is 34.6 Å². The number of fused-ring (bicyclic) bond motifs is 2. The van der Waals surface area contributed by atoms with Gasteiger partial charge in [-0.25, -0.2) is 24.1 Å². The number of anilines is 1. The Kier molecular flexibility index (Phi) is 7.50. The minimum atomic E-state index is -1.36. The van der Waals surface area contributed by atoms with Gasteiger partial charge >= 0.3 is 17.6 Å². The van der Waals surface area contributed by atoms with E-state index in [0.717, 1.165) is 45.0 Å². The van der Waals surface area contributed by atoms with Crippen LogP contribution in [0, 0.1) is 0 Å². The molecule has 4 aromatic rings. The van der Waals surface area contributed by atoms with Crippen molar-refractivity contribution in [2.45, 2.75) is 22.3 Å². The van der Waals surface area contributed by atoms with Crippen LogP contribution in [0.1, 0.15) is 21.1 Å². The van der Waals surface area contributed by atoms with Gasteiger partial charge < -0.3 is 26.5 Å². The van der Waals surface area contributed by atoms with Crippen molar-refractivity contribution in [2.24, 2.45) is 5.16 Å². The Balaban J connectivity index is 1.22. The summed E-state index contributed by atoms with van der Waals surface area (Å²) in [5, 5.41) is 39.7. The molecule has 20 heteroatoms. The van der Waals surface area contributed by atoms with Crippen LogP contribution in [0.15, 0.2) is 56.2 Å². The van der Waals surface area contributed by atoms with Gasteiger partial charge in [-0.15, -0.1) is 27.6 Å². The van der Waals surface area contributed by atoms with Gasteiger partial charge in [-0.05, 0) is 6.07 Å². The molecule has 220 valence electrons. The molecule has 43 heavy (non-hydrogen) atoms. The number of nitrogens with one attached hydrogen (secondary N) is 1. The maximum atomic E-state index is 13.1. The number of carboxylic acid groups (broad SMARTS) is 2. The summed E-state index contributed by atoms with van der Waals surface area (Å²) in [6.45, 7) is 0.140. The normalized spacial score (nSPS) is 18.5. The smallest absolute Gasteiger partial charge is 0.353 e. The third-order valence-corrected chi connectivity index (χ3v) is 10.7. The number of nitrogen functional groups attached to an aromatic ring is 1. The van der Waals surface area contributed by atoms with Crippen molar-refractivity contribution >= 4 is 86.4 Å². The van der Waals surface area contributed by atoms with Gasteiger partial charge in [0.15, 0.2) is 21.4 Å². The van der Waals surface area contributed by atoms with E-state index in [1.165, 1.54) is 17.1 Å². The van der Waals surface area contributed by atoms with E-state index >= 15 is 0 Å². The first-order chi connectivity index (χ1) is 20.7. The Morgan fingerprint density at radius 3 is 2.77 bits per heavy atom. The number of oxime groups is 1. The summed E-state index contributed by atoms with van der Waals surface area (Å²) in [6, 6.07) is 2.49. The third kappa shape index (κ3) is 5.17. The molecule has 0 bridgehead atoms. The summed E-state index contributed by atoms with van der Waals surface area (Å²) >= 11 is 4.13. The second kappa shape index (κ2) is 11.3. The van der Waals surface area contributed by atoms with Crippen molar-refractivity contribution in [3.63, 3.8) is 0 Å². The fourth-order valence-corrected chi connectivity index (χ4v) is 8.67. The number of nitrogens with two attached hydrogens (primary N) is 1. The summed E-state index contributed by atoms with van der Waals surface area (Å²) in [6.07, 6.45) is 5.09. The number of aromatic carboxylic acids is 1. The summed E-state index contributed by atoms with van der Waals surface area (Å²) in [4.78, 5) is 60.0. The lowest BCUT2D eigenvalue weighted by molar-refractivity contribution is -0.662. The second-order valence-corrected chi connectivity index (χ2v) is 13.2. The lowest BCUT2D eigenvalue weighted by atomic mass is 10.0. The highest BCUT2D eigenvalue weighted by Crippen LogP contribution is 2.46. The Labute approximate surface area is 256 Å². The molecule has 2 aliphatic heterocycles. The number of thioether (sulfide) groups is 2. The molecule has 2 amide bonds. The second-order valence-electron chi connectivity index (χ2n) is 8.87. The Morgan fingerprint density at radius 2 is 2.07 bits per heavy atom. The van der Waals surface area contributed by atoms with Gasteiger partial charge in [0, 0.05) is 22.1 Å². The number of carbonyl (C=O) groups is 4. The number of thiazole rings is 2. The zero-order chi connectivity index (χ0) is 30.4. The molecule has 6 rings (SSSR count). The van der Waals surface area contributed by atoms with Crippen molar-refractivity contribution in [1.29, 1.82) is 0 Å². The topological polar surface area (TPSA) is 230 Å². The molecule has 0 radical (unpaired) electrons. The first-order valence-electron chi connectivity index (χ1n) is 12.0. The maximum Gasteiger partial charge on any atom is 0.353 e. The Hall–Kier alpha value is -4.53. The predicted molar refractivity (Wildman–Crippen MR) is 154 cm³/mol. The molecule has 1 fully saturated rings. The zero-order valence-electron chi connectivity index (χ0n) is 21.3. The molecule has 2 atom stereocenters. The molecular formula is C23H18N9O7S4+. The molecule has 4 aromatic heterocycles. The van der Waals surface area contributed by atoms with Crippen molar-refractivity contribution < 1.29 is 39.2 Å². The fraction of sp³-hybridized carbons (Fsp3) is 0.174. The van der Waals surface area contributed by atoms with Crippen LogP contribution in [-0.4, -0.2) is 86.5 Å². The number of hydrogen-bond acceptors (Lipinski definition) is 14. The van der Waals surface area contributed by atoms with Gasteiger partial charge in [-0.1, -0.05) is 33.4 Å². The number of imidazole rings is 1. The summed E-state index contributed by atoms with van der Waals surface area (Å²) < 4.78 is 3.72. The number of nitrogens with zero attached hydrogens (tertiary/aromatic N) is 7. The SMILES string of the molecule is Nc1nc(/C(=N/O)C(=O)N[C@@H]2C(=O)N3C(C(=O)O)=C(Sc4nc(C[n+]5ccn6ncccc65)c(C(=O)O)s4)CSC23)cs1. The maximum absolute atomic E-state index is 13.1. The quantitative estimate of drug-likeness (QED) is 0.0543. The lowest BCUT2D eigenvalue weighted by Crippen LogP contribution is -2.71. The highest BCUT2D eigenvalue weighted by Gasteiger charge is 2.54. The van der Waals surface area contributed by atoms with Crippen molar-refractivity contribution in [1.82, 2.24) is 29.8 Å². The number of β-lactam (4-membered cyclic amide) rings is 1. The van der Waals surface area contributed by atoms with Crippen molar-refractivity contribution in [3.05, 3.63) is 63.0 Å². The molecule has 6 heterocycles. The van der Waals surface area contributed by atoms with Gasteiger partial charge in [0.1, 0.15) is 46.1 Å². The van der Waals surface area contributed by atoms with E-state index in [2.05, 4.69) is 25.5 Å². The standard InChI is InChI=1S/C23H17N9O7S4/c24-22-26-10(7-41-22)13(29-39)17(33)28-14-18(34)32-15(20(35)36)11(8-40-19(14)32)42-23-27-9(16(43-23)21(37)38)6-30-4-5-31-12(30)2-1-3-25-31/h1-5,7,14,19H,6,8H2,(H5-,24,26,28,33,35,36,37,38,39)/p+1/t14-,19?/m1/s1. The molecule has 2 aliphatic rings. The number of rotatable bonds is 9. The van der Waals surface area contributed by atoms with E-state index in [0.29, 0.717) is 9.24 Å². The zero-order valence-corrected chi connectivity index (χ0v) is 24.6. The molecule has 0 spiro atoms. The van der Waals surface area contributed by atoms with E-state index < -0.39 is 40.9 Å². The number of hydrogen-bond donors (Lipinski definition) is 5. The third-order valence-electron chi connectivity index (χ3n) is 6.34. The van der Waals surface area contributed by atoms with Gasteiger partial charge in [0.2, 0.25) is 0 Å². The summed E-state index contributed by atoms with van der Waals surface area (Å²) in [5.74, 6) is -3.94. The number of aliphatic carboxylic acids is 1. The van der Waals surface area contributed by atoms with E-state index in [-0.39, 0.29) is 39.4 Å². The first kappa shape index (κ1) is 28.6. The van der Waals surface area contributed by atoms with Crippen LogP contribution < -0.4 is 15.6 Å². The van der Waals surface area contributed by atoms with Gasteiger partial charge in [0.05, 0.1) is 6.20 Å². The molecule has 6 N–H and O–H groups in total. The lowest BCUT2D eigenvalue weighted by Gasteiger charge is -2.49. The Morgan fingerprint density at radius 1 is 1.26 bits per heavy atom. The number of carboxylic acids is 2. The summed E-state index contributed by atoms with van der Waals surface area (Å²) in [5.41, 5.74) is 5.89. The molecule has 0 saturated carbocycles. The number of carbonyl (C=O) groups excluding carboxylic acids is 2. The van der Waals surface area contributed by atoms with Crippen molar-refractivity contribution in [3.8, 4) is 0 Å². The number of aromatic nitrogens is 5. The molecular weight excluding hydrogens is 643 g/mol. The molecule has 1 unspecified atom stereocenters. The number of amides is 2. The van der Waals surface area contributed by atoms with Gasteiger partial charge in [-0.2, -0.15) is 0 Å². The van der Waals surface area contributed by atoms with E-state index in [4.69, 9.17) is 5.73 Å².